The number of carbonyl (C=O) groups excluding carboxylic acids is 2. The number of thioether (sulfide) groups is 1. The number of nitrogens with zero attached hydrogens (tertiary/aromatic N) is 20. The third kappa shape index (κ3) is 16.9. The zero-order valence-corrected chi connectivity index (χ0v) is 73.8. The Balaban J connectivity index is 0.000000133. The van der Waals surface area contributed by atoms with Gasteiger partial charge in [-0.05, 0) is 240 Å². The number of nitrogens with two attached hydrogens (primary N) is 1. The molecule has 124 heavy (non-hydrogen) atoms. The van der Waals surface area contributed by atoms with E-state index in [0.717, 1.165) is 91.1 Å². The molecule has 32 heteroatoms. The van der Waals surface area contributed by atoms with Gasteiger partial charge < -0.3 is 41.0 Å². The molecular weight excluding hydrogens is 1590 g/mol. The molecule has 12 aromatic rings. The first-order valence-corrected chi connectivity index (χ1v) is 43.2. The van der Waals surface area contributed by atoms with Crippen molar-refractivity contribution in [1.82, 2.24) is 88.1 Å². The van der Waals surface area contributed by atoms with Gasteiger partial charge in [0, 0.05) is 97.8 Å². The SMILES string of the molecule is CC(C)(C)OC(=O)N1Cc2cc(N)ccc2C(C)(C)C1.CCn1c(=O)c2cnc(Nc3ccc4c(c3)CCNC4(C)C)nc2n1-c1cccc(C2(C#N)CC2)n1.CCn1c(=O)c2cnc(Nc3ccc4c(c3)CN(C(=O)OC(C)(C)C)CC4(C)C)nc2n1-c1cccc(C2(C#N)CC2)n1.CCn1c(=O)c2cnc(SC)nc2n1-c1cccc(C2(C#N)CC2)n1. The number of ether oxygens (including phenoxy) is 2. The Hall–Kier alpha value is -13.1. The van der Waals surface area contributed by atoms with Crippen LogP contribution in [-0.2, 0) is 81.2 Å². The van der Waals surface area contributed by atoms with Crippen molar-refractivity contribution < 1.29 is 19.1 Å². The summed E-state index contributed by atoms with van der Waals surface area (Å²) in [7, 11) is 0. The van der Waals surface area contributed by atoms with Crippen LogP contribution in [0.5, 0.6) is 0 Å². The van der Waals surface area contributed by atoms with Crippen LogP contribution >= 0.6 is 11.8 Å². The van der Waals surface area contributed by atoms with Crippen LogP contribution in [-0.4, -0.2) is 132 Å². The molecule has 0 bridgehead atoms. The van der Waals surface area contributed by atoms with Crippen molar-refractivity contribution >= 4 is 86.0 Å². The van der Waals surface area contributed by atoms with Crippen LogP contribution < -0.4 is 38.4 Å². The van der Waals surface area contributed by atoms with Gasteiger partial charge in [-0.2, -0.15) is 25.8 Å². The molecule has 3 fully saturated rings. The summed E-state index contributed by atoms with van der Waals surface area (Å²) in [6, 6.07) is 42.2. The van der Waals surface area contributed by atoms with E-state index in [-0.39, 0.29) is 45.2 Å². The Labute approximate surface area is 722 Å². The lowest BCUT2D eigenvalue weighted by atomic mass is 9.78. The van der Waals surface area contributed by atoms with Gasteiger partial charge in [-0.15, -0.1) is 0 Å². The Bertz CT molecular complexity index is 6560. The molecule has 3 saturated carbocycles. The van der Waals surface area contributed by atoms with Gasteiger partial charge in [0.1, 0.15) is 27.4 Å². The van der Waals surface area contributed by atoms with E-state index in [9.17, 15) is 39.8 Å². The summed E-state index contributed by atoms with van der Waals surface area (Å²) in [6.07, 6.45) is 11.7. The van der Waals surface area contributed by atoms with Gasteiger partial charge in [0.2, 0.25) is 11.9 Å². The van der Waals surface area contributed by atoms with E-state index in [1.54, 1.807) is 50.3 Å². The first-order chi connectivity index (χ1) is 58.9. The Morgan fingerprint density at radius 2 is 0.871 bits per heavy atom. The van der Waals surface area contributed by atoms with E-state index < -0.39 is 27.4 Å². The van der Waals surface area contributed by atoms with Crippen molar-refractivity contribution in [1.29, 1.82) is 15.8 Å². The minimum atomic E-state index is -0.579. The lowest BCUT2D eigenvalue weighted by Crippen LogP contribution is -2.46. The van der Waals surface area contributed by atoms with E-state index in [4.69, 9.17) is 35.1 Å². The second kappa shape index (κ2) is 32.6. The molecule has 12 heterocycles. The summed E-state index contributed by atoms with van der Waals surface area (Å²) in [5.74, 6) is 2.41. The van der Waals surface area contributed by atoms with Crippen LogP contribution in [0.15, 0.2) is 147 Å². The number of hydrogen-bond donors (Lipinski definition) is 4. The van der Waals surface area contributed by atoms with E-state index in [0.29, 0.717) is 119 Å². The Kier molecular flexibility index (Phi) is 22.6. The number of fused-ring (bicyclic) bond motifs is 6. The molecule has 0 unspecified atom stereocenters. The number of amides is 2. The van der Waals surface area contributed by atoms with Gasteiger partial charge in [0.15, 0.2) is 39.6 Å². The highest BCUT2D eigenvalue weighted by Crippen LogP contribution is 2.49. The molecule has 9 aromatic heterocycles. The maximum Gasteiger partial charge on any atom is 0.410 e. The smallest absolute Gasteiger partial charge is 0.410 e. The first-order valence-electron chi connectivity index (χ1n) is 42.0. The number of nitriles is 3. The molecule has 31 nitrogen and oxygen atoms in total. The van der Waals surface area contributed by atoms with Gasteiger partial charge >= 0.3 is 12.2 Å². The normalized spacial score (nSPS) is 16.8. The highest BCUT2D eigenvalue weighted by molar-refractivity contribution is 7.98. The van der Waals surface area contributed by atoms with Crippen molar-refractivity contribution in [2.24, 2.45) is 0 Å². The lowest BCUT2D eigenvalue weighted by molar-refractivity contribution is 0.0165. The highest BCUT2D eigenvalue weighted by Gasteiger charge is 2.49. The summed E-state index contributed by atoms with van der Waals surface area (Å²) in [6.45, 7) is 34.3. The standard InChI is InChI=1S/C32H36N8O3.C27H28N8O.C17H16N6OS.C16H24N2O2/c1-7-39-27(41)22-16-34-28(37-26(22)40(39)25-10-8-9-24(36-25)32(18-33)13-14-32)35-21-11-12-23-20(15-21)17-38(19-31(23,5)6)29(42)43-30(2,3)4;1-4-34-24(36)19-15-29-25(31-18-8-9-20-17(14-18)10-13-30-26(20,2)3)33-23(19)35(34)22-7-5-6-21(32-22)27(16-28)11-12-27;1-3-22-15(24)11-9-19-16(25-2)21-14(11)23(22)13-6-4-5-12(20-13)17(10-18)7-8-17;1-15(2,3)20-14(19)18-9-11-8-12(17)6-7-13(11)16(4,5)10-18/h8-12,15-16H,7,13-14,17,19H2,1-6H3,(H,34,35,37);5-9,14-15,30H,4,10-13H2,1-3H3,(H,29,31,33);4-6,9H,3,7-8H2,1-2H3;6-8H,9-10,17H2,1-5H3. The monoisotopic (exact) mass is 1690 g/mol. The second-order valence-corrected chi connectivity index (χ2v) is 37.1. The quantitative estimate of drug-likeness (QED) is 0.0446. The molecule has 5 N–H and O–H groups in total. The highest BCUT2D eigenvalue weighted by atomic mass is 32.2. The van der Waals surface area contributed by atoms with Crippen molar-refractivity contribution in [3.8, 4) is 35.7 Å². The molecule has 3 aliphatic carbocycles. The van der Waals surface area contributed by atoms with Gasteiger partial charge in [0.05, 0.1) is 51.5 Å². The summed E-state index contributed by atoms with van der Waals surface area (Å²) < 4.78 is 21.1. The topological polar surface area (TPSA) is 389 Å². The van der Waals surface area contributed by atoms with Crippen molar-refractivity contribution in [2.45, 2.75) is 230 Å². The maximum absolute atomic E-state index is 13.3. The minimum absolute atomic E-state index is 0.0627. The number of aromatic nitrogens is 15. The zero-order valence-electron chi connectivity index (χ0n) is 73.0. The number of nitrogens with one attached hydrogen (secondary N) is 3. The molecule has 0 spiro atoms. The summed E-state index contributed by atoms with van der Waals surface area (Å²) in [5.41, 5.74) is 15.5. The predicted octanol–water partition coefficient (Wildman–Crippen LogP) is 14.6. The van der Waals surface area contributed by atoms with Gasteiger partial charge in [-0.1, -0.05) is 75.9 Å². The molecule has 3 aromatic carbocycles. The number of pyridine rings is 3. The zero-order chi connectivity index (χ0) is 88.5. The molecule has 0 radical (unpaired) electrons. The van der Waals surface area contributed by atoms with Crippen LogP contribution in [0, 0.1) is 34.0 Å². The number of nitrogen functional groups attached to an aromatic ring is 1. The van der Waals surface area contributed by atoms with Crippen molar-refractivity contribution in [3.63, 3.8) is 0 Å². The molecule has 18 rings (SSSR count). The van der Waals surface area contributed by atoms with Crippen molar-refractivity contribution in [3.05, 3.63) is 209 Å². The average Bonchev–Trinajstić information content (AvgIpc) is 1.68. The molecule has 3 aliphatic heterocycles. The average molecular weight is 1690 g/mol. The van der Waals surface area contributed by atoms with Gasteiger partial charge in [-0.3, -0.25) is 14.4 Å². The second-order valence-electron chi connectivity index (χ2n) is 36.3. The van der Waals surface area contributed by atoms with Crippen molar-refractivity contribution in [2.75, 3.05) is 42.3 Å². The number of rotatable bonds is 14. The largest absolute Gasteiger partial charge is 0.444 e. The molecule has 0 atom stereocenters. The van der Waals surface area contributed by atoms with E-state index in [1.165, 1.54) is 40.2 Å². The van der Waals surface area contributed by atoms with Crippen LogP contribution in [0.2, 0.25) is 0 Å². The summed E-state index contributed by atoms with van der Waals surface area (Å²) in [5, 5.41) is 40.8. The fourth-order valence-electron chi connectivity index (χ4n) is 16.7. The van der Waals surface area contributed by atoms with Crippen LogP contribution in [0.3, 0.4) is 0 Å². The molecule has 6 aliphatic rings. The summed E-state index contributed by atoms with van der Waals surface area (Å²) >= 11 is 1.42. The van der Waals surface area contributed by atoms with Crippen LogP contribution in [0.25, 0.3) is 50.6 Å². The maximum atomic E-state index is 13.3. The Morgan fingerprint density at radius 1 is 0.500 bits per heavy atom. The predicted molar refractivity (Wildman–Crippen MR) is 476 cm³/mol. The van der Waals surface area contributed by atoms with Crippen LogP contribution in [0.1, 0.15) is 193 Å². The van der Waals surface area contributed by atoms with E-state index in [2.05, 4.69) is 125 Å². The molecule has 640 valence electrons. The molecule has 0 saturated heterocycles. The van der Waals surface area contributed by atoms with E-state index in [1.807, 2.05) is 153 Å². The molecule has 2 amide bonds. The number of carbonyl (C=O) groups is 2. The fraction of sp³-hybridized carbons (Fsp3) is 0.424. The third-order valence-electron chi connectivity index (χ3n) is 23.4. The first kappa shape index (κ1) is 85.8. The fourth-order valence-corrected chi connectivity index (χ4v) is 17.0. The van der Waals surface area contributed by atoms with Crippen LogP contribution in [0.4, 0.5) is 38.5 Å². The number of anilines is 5. The van der Waals surface area contributed by atoms with E-state index >= 15 is 0 Å². The van der Waals surface area contributed by atoms with Gasteiger partial charge in [0.25, 0.3) is 16.7 Å². The Morgan fingerprint density at radius 3 is 1.25 bits per heavy atom. The lowest BCUT2D eigenvalue weighted by Gasteiger charge is -2.40. The summed E-state index contributed by atoms with van der Waals surface area (Å²) in [4.78, 5) is 109. The number of hydrogen-bond acceptors (Lipinski definition) is 24. The minimum Gasteiger partial charge on any atom is -0.444 e. The third-order valence-corrected chi connectivity index (χ3v) is 24.0. The number of benzene rings is 3. The molecular formula is C92H104N24O7S. The van der Waals surface area contributed by atoms with Gasteiger partial charge in [-0.25, -0.2) is 72.6 Å².